The van der Waals surface area contributed by atoms with Crippen LogP contribution in [-0.2, 0) is 0 Å². The summed E-state index contributed by atoms with van der Waals surface area (Å²) in [5, 5.41) is 9.15. The van der Waals surface area contributed by atoms with E-state index in [-0.39, 0.29) is 23.7 Å². The number of phenols is 1. The Morgan fingerprint density at radius 1 is 1.56 bits per heavy atom. The molecule has 0 saturated carbocycles. The van der Waals surface area contributed by atoms with Gasteiger partial charge in [0.25, 0.3) is 0 Å². The molecule has 2 atom stereocenters. The van der Waals surface area contributed by atoms with Crippen molar-refractivity contribution in [2.75, 3.05) is 13.1 Å². The number of rotatable bonds is 2. The van der Waals surface area contributed by atoms with Gasteiger partial charge in [0.1, 0.15) is 11.6 Å². The average Bonchev–Trinajstić information content (AvgIpc) is 2.64. The third-order valence-electron chi connectivity index (χ3n) is 3.24. The number of aromatic hydroxyl groups is 1. The van der Waals surface area contributed by atoms with Gasteiger partial charge in [0.2, 0.25) is 0 Å². The van der Waals surface area contributed by atoms with Gasteiger partial charge in [-0.2, -0.15) is 0 Å². The summed E-state index contributed by atoms with van der Waals surface area (Å²) in [4.78, 5) is 2.17. The van der Waals surface area contributed by atoms with E-state index >= 15 is 0 Å². The van der Waals surface area contributed by atoms with Gasteiger partial charge in [-0.05, 0) is 19.4 Å². The lowest BCUT2D eigenvalue weighted by Gasteiger charge is -2.24. The van der Waals surface area contributed by atoms with E-state index in [2.05, 4.69) is 4.90 Å². The summed E-state index contributed by atoms with van der Waals surface area (Å²) in [5.74, 6) is -0.389. The van der Waals surface area contributed by atoms with Crippen molar-refractivity contribution >= 4 is 0 Å². The molecule has 1 fully saturated rings. The van der Waals surface area contributed by atoms with Crippen LogP contribution in [-0.4, -0.2) is 29.1 Å². The SMILES string of the molecule is CC(c1ccc(O)cc1F)N1CCC(N)C1. The number of phenolic OH excluding ortho intramolecular Hbond substituents is 1. The van der Waals surface area contributed by atoms with Gasteiger partial charge < -0.3 is 10.8 Å². The van der Waals surface area contributed by atoms with Gasteiger partial charge in [0.05, 0.1) is 0 Å². The zero-order chi connectivity index (χ0) is 11.7. The highest BCUT2D eigenvalue weighted by Gasteiger charge is 2.25. The molecule has 1 aromatic carbocycles. The van der Waals surface area contributed by atoms with E-state index < -0.39 is 0 Å². The molecule has 1 saturated heterocycles. The second-order valence-electron chi connectivity index (χ2n) is 4.43. The zero-order valence-corrected chi connectivity index (χ0v) is 9.36. The molecule has 16 heavy (non-hydrogen) atoms. The molecule has 0 radical (unpaired) electrons. The maximum atomic E-state index is 13.6. The molecule has 0 aliphatic carbocycles. The fraction of sp³-hybridized carbons (Fsp3) is 0.500. The van der Waals surface area contributed by atoms with Crippen molar-refractivity contribution in [3.63, 3.8) is 0 Å². The smallest absolute Gasteiger partial charge is 0.131 e. The lowest BCUT2D eigenvalue weighted by molar-refractivity contribution is 0.254. The number of hydrogen-bond donors (Lipinski definition) is 2. The second kappa shape index (κ2) is 4.39. The number of nitrogens with two attached hydrogens (primary N) is 1. The molecule has 0 amide bonds. The van der Waals surface area contributed by atoms with Crippen molar-refractivity contribution in [2.45, 2.75) is 25.4 Å². The molecule has 0 aromatic heterocycles. The molecule has 2 rings (SSSR count). The van der Waals surface area contributed by atoms with Crippen LogP contribution in [0.4, 0.5) is 4.39 Å². The fourth-order valence-corrected chi connectivity index (χ4v) is 2.22. The van der Waals surface area contributed by atoms with E-state index in [4.69, 9.17) is 10.8 Å². The Kier molecular flexibility index (Phi) is 3.12. The third-order valence-corrected chi connectivity index (χ3v) is 3.24. The first kappa shape index (κ1) is 11.4. The standard InChI is InChI=1S/C12H17FN2O/c1-8(15-5-4-9(14)7-15)11-3-2-10(16)6-12(11)13/h2-3,6,8-9,16H,4-5,7,14H2,1H3. The normalized spacial score (nSPS) is 23.6. The topological polar surface area (TPSA) is 49.5 Å². The van der Waals surface area contributed by atoms with Gasteiger partial charge in [-0.1, -0.05) is 6.07 Å². The molecule has 1 aliphatic heterocycles. The number of halogens is 1. The Labute approximate surface area is 94.7 Å². The maximum Gasteiger partial charge on any atom is 0.131 e. The van der Waals surface area contributed by atoms with Gasteiger partial charge in [0.15, 0.2) is 0 Å². The van der Waals surface area contributed by atoms with E-state index in [1.165, 1.54) is 6.07 Å². The predicted molar refractivity (Wildman–Crippen MR) is 60.6 cm³/mol. The van der Waals surface area contributed by atoms with Crippen LogP contribution >= 0.6 is 0 Å². The van der Waals surface area contributed by atoms with Crippen molar-refractivity contribution < 1.29 is 9.50 Å². The molecule has 1 aliphatic rings. The summed E-state index contributed by atoms with van der Waals surface area (Å²) in [5.41, 5.74) is 6.45. The summed E-state index contributed by atoms with van der Waals surface area (Å²) in [6.45, 7) is 3.68. The molecular weight excluding hydrogens is 207 g/mol. The summed E-state index contributed by atoms with van der Waals surface area (Å²) >= 11 is 0. The first-order valence-corrected chi connectivity index (χ1v) is 5.56. The van der Waals surface area contributed by atoms with Crippen LogP contribution < -0.4 is 5.73 Å². The highest BCUT2D eigenvalue weighted by Crippen LogP contribution is 2.27. The molecule has 88 valence electrons. The minimum Gasteiger partial charge on any atom is -0.508 e. The molecule has 3 N–H and O–H groups in total. The van der Waals surface area contributed by atoms with Gasteiger partial charge in [-0.15, -0.1) is 0 Å². The second-order valence-corrected chi connectivity index (χ2v) is 4.43. The molecule has 1 heterocycles. The Morgan fingerprint density at radius 3 is 2.88 bits per heavy atom. The number of benzene rings is 1. The highest BCUT2D eigenvalue weighted by atomic mass is 19.1. The molecule has 3 nitrogen and oxygen atoms in total. The van der Waals surface area contributed by atoms with E-state index in [0.717, 1.165) is 25.6 Å². The summed E-state index contributed by atoms with van der Waals surface area (Å²) < 4.78 is 13.6. The zero-order valence-electron chi connectivity index (χ0n) is 9.36. The molecular formula is C12H17FN2O. The van der Waals surface area contributed by atoms with Crippen LogP contribution in [0.2, 0.25) is 0 Å². The third kappa shape index (κ3) is 2.18. The lowest BCUT2D eigenvalue weighted by atomic mass is 10.1. The van der Waals surface area contributed by atoms with Crippen LogP contribution in [0.5, 0.6) is 5.75 Å². The Balaban J connectivity index is 2.17. The first-order valence-electron chi connectivity index (χ1n) is 5.56. The minimum absolute atomic E-state index is 0.00847. The fourth-order valence-electron chi connectivity index (χ4n) is 2.22. The quantitative estimate of drug-likeness (QED) is 0.802. The monoisotopic (exact) mass is 224 g/mol. The van der Waals surface area contributed by atoms with Gasteiger partial charge in [-0.3, -0.25) is 4.90 Å². The molecule has 0 bridgehead atoms. The first-order chi connectivity index (χ1) is 7.58. The minimum atomic E-state index is -0.354. The van der Waals surface area contributed by atoms with Crippen molar-refractivity contribution in [1.29, 1.82) is 0 Å². The molecule has 4 heteroatoms. The van der Waals surface area contributed by atoms with Crippen LogP contribution in [0.15, 0.2) is 18.2 Å². The van der Waals surface area contributed by atoms with Crippen molar-refractivity contribution in [3.8, 4) is 5.75 Å². The Hall–Kier alpha value is -1.13. The van der Waals surface area contributed by atoms with Gasteiger partial charge in [0, 0.05) is 36.8 Å². The summed E-state index contributed by atoms with van der Waals surface area (Å²) in [6.07, 6.45) is 0.962. The number of hydrogen-bond acceptors (Lipinski definition) is 3. The van der Waals surface area contributed by atoms with Crippen molar-refractivity contribution in [2.24, 2.45) is 5.73 Å². The average molecular weight is 224 g/mol. The van der Waals surface area contributed by atoms with Crippen LogP contribution in [0.1, 0.15) is 24.9 Å². The van der Waals surface area contributed by atoms with E-state index in [1.807, 2.05) is 6.92 Å². The molecule has 0 spiro atoms. The van der Waals surface area contributed by atoms with E-state index in [9.17, 15) is 4.39 Å². The summed E-state index contributed by atoms with van der Waals surface area (Å²) in [6, 6.07) is 4.52. The van der Waals surface area contributed by atoms with Crippen molar-refractivity contribution in [3.05, 3.63) is 29.6 Å². The van der Waals surface area contributed by atoms with E-state index in [0.29, 0.717) is 5.56 Å². The van der Waals surface area contributed by atoms with Gasteiger partial charge >= 0.3 is 0 Å². The highest BCUT2D eigenvalue weighted by molar-refractivity contribution is 5.29. The Morgan fingerprint density at radius 2 is 2.31 bits per heavy atom. The Bertz CT molecular complexity index is 383. The van der Waals surface area contributed by atoms with E-state index in [1.54, 1.807) is 6.07 Å². The maximum absolute atomic E-state index is 13.6. The molecule has 2 unspecified atom stereocenters. The largest absolute Gasteiger partial charge is 0.508 e. The van der Waals surface area contributed by atoms with Crippen LogP contribution in [0, 0.1) is 5.82 Å². The number of likely N-dealkylation sites (tertiary alicyclic amines) is 1. The van der Waals surface area contributed by atoms with Crippen molar-refractivity contribution in [1.82, 2.24) is 4.90 Å². The van der Waals surface area contributed by atoms with Gasteiger partial charge in [-0.25, -0.2) is 4.39 Å². The predicted octanol–water partition coefficient (Wildman–Crippen LogP) is 1.63. The lowest BCUT2D eigenvalue weighted by Crippen LogP contribution is -2.29. The van der Waals surface area contributed by atoms with Crippen LogP contribution in [0.25, 0.3) is 0 Å². The number of nitrogens with zero attached hydrogens (tertiary/aromatic N) is 1. The summed E-state index contributed by atoms with van der Waals surface area (Å²) in [7, 11) is 0. The molecule has 1 aromatic rings. The van der Waals surface area contributed by atoms with Crippen LogP contribution in [0.3, 0.4) is 0 Å².